The van der Waals surface area contributed by atoms with Crippen molar-refractivity contribution < 1.29 is 4.79 Å². The normalized spacial score (nSPS) is 11.1. The molecule has 0 atom stereocenters. The average molecular weight is 127 g/mol. The van der Waals surface area contributed by atoms with Gasteiger partial charge in [-0.05, 0) is 26.3 Å². The molecule has 2 heteroatoms. The molecule has 0 aromatic rings. The maximum absolute atomic E-state index is 10.9. The summed E-state index contributed by atoms with van der Waals surface area (Å²) in [6.07, 6.45) is 0. The van der Waals surface area contributed by atoms with Crippen molar-refractivity contribution >= 4 is 5.78 Å². The first-order chi connectivity index (χ1) is 3.85. The minimum Gasteiger partial charge on any atom is -0.319 e. The maximum atomic E-state index is 10.9. The van der Waals surface area contributed by atoms with E-state index in [4.69, 9.17) is 5.73 Å². The van der Waals surface area contributed by atoms with Crippen LogP contribution in [0.3, 0.4) is 0 Å². The minimum absolute atomic E-state index is 0.0810. The van der Waals surface area contributed by atoms with Crippen molar-refractivity contribution in [3.63, 3.8) is 0 Å². The van der Waals surface area contributed by atoms with E-state index in [1.165, 1.54) is 0 Å². The molecule has 9 heavy (non-hydrogen) atoms. The highest BCUT2D eigenvalue weighted by atomic mass is 16.1. The molecule has 0 radical (unpaired) electrons. The minimum atomic E-state index is -0.758. The van der Waals surface area contributed by atoms with Crippen LogP contribution in [0.4, 0.5) is 0 Å². The molecule has 0 aromatic carbocycles. The molecule has 2 nitrogen and oxygen atoms in total. The predicted octanol–water partition coefficient (Wildman–Crippen LogP) is 0.869. The quantitative estimate of drug-likeness (QED) is 0.559. The summed E-state index contributed by atoms with van der Waals surface area (Å²) in [5, 5.41) is 0. The lowest BCUT2D eigenvalue weighted by molar-refractivity contribution is -0.119. The lowest BCUT2D eigenvalue weighted by atomic mass is 9.96. The Hall–Kier alpha value is -0.630. The fourth-order valence-electron chi connectivity index (χ4n) is 0.550. The molecular weight excluding hydrogens is 114 g/mol. The van der Waals surface area contributed by atoms with Crippen LogP contribution in [0.25, 0.3) is 0 Å². The maximum Gasteiger partial charge on any atom is 0.177 e. The zero-order chi connectivity index (χ0) is 7.65. The SMILES string of the molecule is C=C(C)C(=O)C(C)(C)N. The van der Waals surface area contributed by atoms with E-state index in [2.05, 4.69) is 6.58 Å². The number of hydrogen-bond acceptors (Lipinski definition) is 2. The summed E-state index contributed by atoms with van der Waals surface area (Å²) in [5.41, 5.74) is 5.23. The molecular formula is C7H13NO. The van der Waals surface area contributed by atoms with Gasteiger partial charge in [-0.25, -0.2) is 0 Å². The molecule has 52 valence electrons. The molecule has 0 aliphatic heterocycles. The Balaban J connectivity index is 4.23. The van der Waals surface area contributed by atoms with Crippen molar-refractivity contribution in [1.29, 1.82) is 0 Å². The van der Waals surface area contributed by atoms with Crippen LogP contribution < -0.4 is 5.73 Å². The van der Waals surface area contributed by atoms with Crippen molar-refractivity contribution in [3.8, 4) is 0 Å². The number of Topliss-reactive ketones (excluding diaryl/α,β-unsaturated/α-hetero) is 1. The second-order valence-electron chi connectivity index (χ2n) is 2.83. The van der Waals surface area contributed by atoms with Crippen molar-refractivity contribution in [1.82, 2.24) is 0 Å². The number of nitrogens with two attached hydrogens (primary N) is 1. The molecule has 0 aromatic heterocycles. The first kappa shape index (κ1) is 8.37. The molecule has 0 aliphatic carbocycles. The largest absolute Gasteiger partial charge is 0.319 e. The Labute approximate surface area is 55.7 Å². The van der Waals surface area contributed by atoms with Crippen LogP contribution in [0, 0.1) is 0 Å². The number of ketones is 1. The van der Waals surface area contributed by atoms with Crippen LogP contribution in [-0.4, -0.2) is 11.3 Å². The summed E-state index contributed by atoms with van der Waals surface area (Å²) < 4.78 is 0. The van der Waals surface area contributed by atoms with Crippen LogP contribution in [0.5, 0.6) is 0 Å². The molecule has 0 saturated carbocycles. The van der Waals surface area contributed by atoms with Gasteiger partial charge in [0.15, 0.2) is 5.78 Å². The van der Waals surface area contributed by atoms with E-state index in [1.807, 2.05) is 0 Å². The highest BCUT2D eigenvalue weighted by Crippen LogP contribution is 2.04. The van der Waals surface area contributed by atoms with Gasteiger partial charge in [0.25, 0.3) is 0 Å². The lowest BCUT2D eigenvalue weighted by Gasteiger charge is -2.15. The van der Waals surface area contributed by atoms with Crippen molar-refractivity contribution in [2.75, 3.05) is 0 Å². The third-order valence-electron chi connectivity index (χ3n) is 0.973. The summed E-state index contributed by atoms with van der Waals surface area (Å²) in [6, 6.07) is 0. The first-order valence-corrected chi connectivity index (χ1v) is 2.85. The summed E-state index contributed by atoms with van der Waals surface area (Å²) in [7, 11) is 0. The van der Waals surface area contributed by atoms with Crippen LogP contribution >= 0.6 is 0 Å². The molecule has 0 aliphatic rings. The Morgan fingerprint density at radius 2 is 1.89 bits per heavy atom. The number of rotatable bonds is 2. The van der Waals surface area contributed by atoms with Gasteiger partial charge in [-0.1, -0.05) is 6.58 Å². The van der Waals surface area contributed by atoms with Gasteiger partial charge in [0.1, 0.15) is 0 Å². The van der Waals surface area contributed by atoms with E-state index in [0.717, 1.165) is 0 Å². The fraction of sp³-hybridized carbons (Fsp3) is 0.571. The number of carbonyl (C=O) groups excluding carboxylic acids is 1. The van der Waals surface area contributed by atoms with Gasteiger partial charge in [0.2, 0.25) is 0 Å². The van der Waals surface area contributed by atoms with Crippen LogP contribution in [0.2, 0.25) is 0 Å². The number of hydrogen-bond donors (Lipinski definition) is 1. The summed E-state index contributed by atoms with van der Waals surface area (Å²) in [5.74, 6) is -0.0810. The fourth-order valence-corrected chi connectivity index (χ4v) is 0.550. The molecule has 2 N–H and O–H groups in total. The zero-order valence-corrected chi connectivity index (χ0v) is 6.19. The molecule has 0 bridgehead atoms. The van der Waals surface area contributed by atoms with E-state index in [-0.39, 0.29) is 5.78 Å². The van der Waals surface area contributed by atoms with E-state index in [0.29, 0.717) is 5.57 Å². The van der Waals surface area contributed by atoms with Crippen LogP contribution in [0.1, 0.15) is 20.8 Å². The second kappa shape index (κ2) is 2.31. The van der Waals surface area contributed by atoms with Gasteiger partial charge in [0, 0.05) is 0 Å². The Kier molecular flexibility index (Phi) is 2.15. The van der Waals surface area contributed by atoms with E-state index in [1.54, 1.807) is 20.8 Å². The van der Waals surface area contributed by atoms with Crippen molar-refractivity contribution in [2.45, 2.75) is 26.3 Å². The molecule has 0 amide bonds. The van der Waals surface area contributed by atoms with E-state index in [9.17, 15) is 4.79 Å². The molecule has 0 unspecified atom stereocenters. The zero-order valence-electron chi connectivity index (χ0n) is 6.19. The second-order valence-corrected chi connectivity index (χ2v) is 2.83. The smallest absolute Gasteiger partial charge is 0.177 e. The molecule has 0 saturated heterocycles. The van der Waals surface area contributed by atoms with Gasteiger partial charge in [-0.15, -0.1) is 0 Å². The summed E-state index contributed by atoms with van der Waals surface area (Å²) in [4.78, 5) is 10.9. The molecule has 0 heterocycles. The van der Waals surface area contributed by atoms with Gasteiger partial charge in [-0.2, -0.15) is 0 Å². The molecule has 0 rings (SSSR count). The van der Waals surface area contributed by atoms with Crippen LogP contribution in [0.15, 0.2) is 12.2 Å². The Bertz CT molecular complexity index is 141. The van der Waals surface area contributed by atoms with Crippen molar-refractivity contribution in [2.24, 2.45) is 5.73 Å². The molecule has 0 spiro atoms. The summed E-state index contributed by atoms with van der Waals surface area (Å²) in [6.45, 7) is 8.50. The topological polar surface area (TPSA) is 43.1 Å². The lowest BCUT2D eigenvalue weighted by Crippen LogP contribution is -2.41. The van der Waals surface area contributed by atoms with E-state index >= 15 is 0 Å². The Morgan fingerprint density at radius 1 is 1.56 bits per heavy atom. The van der Waals surface area contributed by atoms with Gasteiger partial charge in [0.05, 0.1) is 5.54 Å². The van der Waals surface area contributed by atoms with Gasteiger partial charge >= 0.3 is 0 Å². The first-order valence-electron chi connectivity index (χ1n) is 2.85. The Morgan fingerprint density at radius 3 is 1.89 bits per heavy atom. The van der Waals surface area contributed by atoms with Gasteiger partial charge in [-0.3, -0.25) is 4.79 Å². The van der Waals surface area contributed by atoms with Gasteiger partial charge < -0.3 is 5.73 Å². The average Bonchev–Trinajstić information content (AvgIpc) is 1.62. The van der Waals surface area contributed by atoms with Crippen LogP contribution in [-0.2, 0) is 4.79 Å². The standard InChI is InChI=1S/C7H13NO/c1-5(2)6(9)7(3,4)8/h1,8H2,2-4H3. The third kappa shape index (κ3) is 2.42. The number of carbonyl (C=O) groups is 1. The highest BCUT2D eigenvalue weighted by Gasteiger charge is 2.21. The predicted molar refractivity (Wildman–Crippen MR) is 38.1 cm³/mol. The van der Waals surface area contributed by atoms with E-state index < -0.39 is 5.54 Å². The summed E-state index contributed by atoms with van der Waals surface area (Å²) >= 11 is 0. The van der Waals surface area contributed by atoms with Crippen molar-refractivity contribution in [3.05, 3.63) is 12.2 Å². The molecule has 0 fully saturated rings. The monoisotopic (exact) mass is 127 g/mol. The third-order valence-corrected chi connectivity index (χ3v) is 0.973. The highest BCUT2D eigenvalue weighted by molar-refractivity contribution is 6.00.